The summed E-state index contributed by atoms with van der Waals surface area (Å²) in [5.74, 6) is -2.15. The van der Waals surface area contributed by atoms with Gasteiger partial charge in [-0.25, -0.2) is 19.6 Å². The highest BCUT2D eigenvalue weighted by Crippen LogP contribution is 2.45. The Bertz CT molecular complexity index is 1740. The SMILES string of the molecule is O=C(N[C@@H]1CCCCCC=CC2C[C@]2(C(=O)O)NC(=O)[C@@H]2C[C@@H](Oc3nc4ccccc4nc3-c3cccs3)CN2C1=O)OC1CCCC1. The van der Waals surface area contributed by atoms with Gasteiger partial charge in [-0.15, -0.1) is 11.3 Å². The maximum absolute atomic E-state index is 14.4. The lowest BCUT2D eigenvalue weighted by atomic mass is 10.0. The van der Waals surface area contributed by atoms with Crippen molar-refractivity contribution >= 4 is 46.2 Å². The number of fused-ring (bicyclic) bond motifs is 3. The van der Waals surface area contributed by atoms with Crippen LogP contribution in [0.1, 0.15) is 70.6 Å². The smallest absolute Gasteiger partial charge is 0.408 e. The first-order chi connectivity index (χ1) is 23.8. The molecule has 3 N–H and O–H groups in total. The summed E-state index contributed by atoms with van der Waals surface area (Å²) in [4.78, 5) is 65.8. The standard InChI is InChI=1S/C36H41N5O7S/c42-31-28-19-24(47-32-30(29-17-10-18-49-29)37-25-14-8-9-15-26(25)38-32)21-41(28)33(43)27(39-35(46)48-23-12-6-7-13-23)16-5-3-1-2-4-11-22-20-36(22,40-31)34(44)45/h4,8-11,14-15,17-18,22-24,27-28H,1-3,5-7,12-13,16,19-21H2,(H,39,46)(H,40,42)(H,44,45)/t22?,24-,27-,28+,36+/m1/s1. The first-order valence-electron chi connectivity index (χ1n) is 17.3. The van der Waals surface area contributed by atoms with Gasteiger partial charge in [0.05, 0.1) is 22.5 Å². The second-order valence-corrected chi connectivity index (χ2v) is 14.4. The number of nitrogens with zero attached hydrogens (tertiary/aromatic N) is 3. The van der Waals surface area contributed by atoms with Crippen molar-refractivity contribution in [2.45, 2.75) is 100 Å². The van der Waals surface area contributed by atoms with Gasteiger partial charge < -0.3 is 30.1 Å². The van der Waals surface area contributed by atoms with Crippen LogP contribution in [0.3, 0.4) is 0 Å². The Labute approximate surface area is 288 Å². The topological polar surface area (TPSA) is 160 Å². The van der Waals surface area contributed by atoms with Crippen LogP contribution in [0.2, 0.25) is 0 Å². The molecule has 5 atom stereocenters. The Morgan fingerprint density at radius 2 is 1.76 bits per heavy atom. The number of rotatable bonds is 6. The monoisotopic (exact) mass is 687 g/mol. The summed E-state index contributed by atoms with van der Waals surface area (Å²) in [5, 5.41) is 17.7. The summed E-state index contributed by atoms with van der Waals surface area (Å²) in [7, 11) is 0. The molecular formula is C36H41N5O7S. The normalized spacial score (nSPS) is 27.8. The molecule has 4 heterocycles. The molecular weight excluding hydrogens is 646 g/mol. The molecule has 7 rings (SSSR count). The van der Waals surface area contributed by atoms with E-state index in [9.17, 15) is 24.3 Å². The van der Waals surface area contributed by atoms with Crippen molar-refractivity contribution in [2.24, 2.45) is 5.92 Å². The third-order valence-electron chi connectivity index (χ3n) is 10.1. The Morgan fingerprint density at radius 3 is 2.51 bits per heavy atom. The van der Waals surface area contributed by atoms with Gasteiger partial charge in [-0.1, -0.05) is 43.2 Å². The molecule has 2 aliphatic heterocycles. The van der Waals surface area contributed by atoms with Gasteiger partial charge in [-0.2, -0.15) is 0 Å². The molecule has 4 aliphatic rings. The van der Waals surface area contributed by atoms with E-state index in [-0.39, 0.29) is 37.3 Å². The summed E-state index contributed by atoms with van der Waals surface area (Å²) in [5.41, 5.74) is 0.471. The summed E-state index contributed by atoms with van der Waals surface area (Å²) in [6.45, 7) is 0.0363. The van der Waals surface area contributed by atoms with E-state index in [4.69, 9.17) is 19.4 Å². The number of hydrogen-bond donors (Lipinski definition) is 3. The number of ether oxygens (including phenoxy) is 2. The fraction of sp³-hybridized carbons (Fsp3) is 0.500. The van der Waals surface area contributed by atoms with Crippen LogP contribution in [0.4, 0.5) is 4.79 Å². The van der Waals surface area contributed by atoms with Crippen molar-refractivity contribution in [1.82, 2.24) is 25.5 Å². The Hall–Kier alpha value is -4.52. The van der Waals surface area contributed by atoms with Crippen LogP contribution in [0.25, 0.3) is 21.6 Å². The van der Waals surface area contributed by atoms with Crippen molar-refractivity contribution in [3.05, 3.63) is 53.9 Å². The molecule has 0 bridgehead atoms. The molecule has 1 saturated heterocycles. The number of carbonyl (C=O) groups excluding carboxylic acids is 3. The summed E-state index contributed by atoms with van der Waals surface area (Å²) in [6.07, 6.45) is 9.83. The van der Waals surface area contributed by atoms with Crippen LogP contribution in [0.5, 0.6) is 5.88 Å². The largest absolute Gasteiger partial charge is 0.479 e. The Morgan fingerprint density at radius 1 is 0.980 bits per heavy atom. The zero-order valence-electron chi connectivity index (χ0n) is 27.2. The van der Waals surface area contributed by atoms with E-state index >= 15 is 0 Å². The lowest BCUT2D eigenvalue weighted by molar-refractivity contribution is -0.145. The van der Waals surface area contributed by atoms with Gasteiger partial charge in [0.25, 0.3) is 0 Å². The van der Waals surface area contributed by atoms with Crippen LogP contribution in [-0.4, -0.2) is 80.2 Å². The molecule has 13 heteroatoms. The fourth-order valence-corrected chi connectivity index (χ4v) is 7.98. The van der Waals surface area contributed by atoms with Gasteiger partial charge >= 0.3 is 12.1 Å². The van der Waals surface area contributed by atoms with E-state index in [1.807, 2.05) is 53.9 Å². The molecule has 258 valence electrons. The van der Waals surface area contributed by atoms with Gasteiger partial charge in [-0.3, -0.25) is 9.59 Å². The van der Waals surface area contributed by atoms with Crippen LogP contribution in [-0.2, 0) is 19.1 Å². The van der Waals surface area contributed by atoms with Gasteiger partial charge in [-0.05, 0) is 74.9 Å². The first-order valence-corrected chi connectivity index (χ1v) is 18.2. The third-order valence-corrected chi connectivity index (χ3v) is 10.9. The predicted octanol–water partition coefficient (Wildman–Crippen LogP) is 5.22. The average molecular weight is 688 g/mol. The van der Waals surface area contributed by atoms with Gasteiger partial charge in [0, 0.05) is 12.3 Å². The van der Waals surface area contributed by atoms with E-state index in [1.165, 1.54) is 16.2 Å². The number of aliphatic carboxylic acids is 1. The first kappa shape index (κ1) is 33.0. The number of carbonyl (C=O) groups is 4. The fourth-order valence-electron chi connectivity index (χ4n) is 7.28. The van der Waals surface area contributed by atoms with Gasteiger partial charge in [0.1, 0.15) is 35.5 Å². The Balaban J connectivity index is 1.19. The average Bonchev–Trinajstić information content (AvgIpc) is 3.58. The van der Waals surface area contributed by atoms with E-state index < -0.39 is 47.6 Å². The highest BCUT2D eigenvalue weighted by Gasteiger charge is 2.61. The molecule has 1 unspecified atom stereocenters. The molecule has 0 radical (unpaired) electrons. The second-order valence-electron chi connectivity index (χ2n) is 13.5. The number of carboxylic acids is 1. The van der Waals surface area contributed by atoms with E-state index in [2.05, 4.69) is 10.6 Å². The predicted molar refractivity (Wildman–Crippen MR) is 182 cm³/mol. The maximum atomic E-state index is 14.4. The van der Waals surface area contributed by atoms with Gasteiger partial charge in [0.15, 0.2) is 0 Å². The van der Waals surface area contributed by atoms with Crippen LogP contribution in [0.15, 0.2) is 53.9 Å². The van der Waals surface area contributed by atoms with E-state index in [0.29, 0.717) is 29.6 Å². The summed E-state index contributed by atoms with van der Waals surface area (Å²) < 4.78 is 12.2. The quantitative estimate of drug-likeness (QED) is 0.295. The van der Waals surface area contributed by atoms with Crippen molar-refractivity contribution in [2.75, 3.05) is 6.54 Å². The highest BCUT2D eigenvalue weighted by molar-refractivity contribution is 7.13. The van der Waals surface area contributed by atoms with Crippen molar-refractivity contribution in [1.29, 1.82) is 0 Å². The van der Waals surface area contributed by atoms with Crippen molar-refractivity contribution in [3.8, 4) is 16.5 Å². The number of para-hydroxylation sites is 2. The molecule has 0 spiro atoms. The van der Waals surface area contributed by atoms with Crippen LogP contribution in [0, 0.1) is 5.92 Å². The number of amides is 3. The third kappa shape index (κ3) is 7.12. The number of benzene rings is 1. The number of aromatic nitrogens is 2. The Kier molecular flexibility index (Phi) is 9.53. The summed E-state index contributed by atoms with van der Waals surface area (Å²) >= 11 is 1.50. The number of hydrogen-bond acceptors (Lipinski definition) is 9. The molecule has 12 nitrogen and oxygen atoms in total. The highest BCUT2D eigenvalue weighted by atomic mass is 32.1. The van der Waals surface area contributed by atoms with Gasteiger partial charge in [0.2, 0.25) is 17.7 Å². The lowest BCUT2D eigenvalue weighted by Gasteiger charge is -2.29. The number of allylic oxidation sites excluding steroid dienone is 1. The zero-order valence-corrected chi connectivity index (χ0v) is 28.0. The van der Waals surface area contributed by atoms with E-state index in [0.717, 1.165) is 49.8 Å². The maximum Gasteiger partial charge on any atom is 0.408 e. The van der Waals surface area contributed by atoms with E-state index in [1.54, 1.807) is 0 Å². The number of thiophene rings is 1. The van der Waals surface area contributed by atoms with Crippen LogP contribution >= 0.6 is 11.3 Å². The minimum atomic E-state index is -1.43. The minimum Gasteiger partial charge on any atom is -0.479 e. The lowest BCUT2D eigenvalue weighted by Crippen LogP contribution is -2.56. The molecule has 3 amide bonds. The van der Waals surface area contributed by atoms with Crippen molar-refractivity contribution in [3.63, 3.8) is 0 Å². The van der Waals surface area contributed by atoms with Crippen LogP contribution < -0.4 is 15.4 Å². The second kappa shape index (κ2) is 14.1. The molecule has 2 saturated carbocycles. The zero-order chi connectivity index (χ0) is 34.0. The molecule has 49 heavy (non-hydrogen) atoms. The minimum absolute atomic E-state index is 0.0363. The molecule has 3 fully saturated rings. The molecule has 1 aromatic carbocycles. The molecule has 2 aromatic heterocycles. The van der Waals surface area contributed by atoms with Crippen molar-refractivity contribution < 1.29 is 33.8 Å². The molecule has 3 aromatic rings. The number of nitrogens with one attached hydrogen (secondary N) is 2. The summed E-state index contributed by atoms with van der Waals surface area (Å²) in [6, 6.07) is 9.37. The number of carboxylic acid groups (broad SMARTS) is 1. The number of alkyl carbamates (subject to hydrolysis) is 1. The molecule has 2 aliphatic carbocycles.